The Morgan fingerprint density at radius 1 is 1.43 bits per heavy atom. The van der Waals surface area contributed by atoms with Crippen LogP contribution in [0.5, 0.6) is 0 Å². The van der Waals surface area contributed by atoms with Crippen molar-refractivity contribution in [3.05, 3.63) is 47.3 Å². The second kappa shape index (κ2) is 6.85. The van der Waals surface area contributed by atoms with E-state index in [0.717, 1.165) is 12.0 Å². The van der Waals surface area contributed by atoms with Gasteiger partial charge in [0, 0.05) is 18.8 Å². The molecule has 1 fully saturated rings. The Bertz CT molecular complexity index is 533. The summed E-state index contributed by atoms with van der Waals surface area (Å²) in [6.45, 7) is 4.92. The summed E-state index contributed by atoms with van der Waals surface area (Å²) in [5.41, 5.74) is 0.962. The van der Waals surface area contributed by atoms with Crippen molar-refractivity contribution in [2.45, 2.75) is 38.6 Å². The zero-order valence-corrected chi connectivity index (χ0v) is 12.6. The zero-order valence-electron chi connectivity index (χ0n) is 12.6. The van der Waals surface area contributed by atoms with Gasteiger partial charge in [0.1, 0.15) is 5.82 Å². The van der Waals surface area contributed by atoms with Crippen molar-refractivity contribution in [3.63, 3.8) is 0 Å². The second-order valence-electron chi connectivity index (χ2n) is 5.45. The molecule has 1 heterocycles. The molecule has 1 aromatic rings. The first kappa shape index (κ1) is 15.7. The van der Waals surface area contributed by atoms with Crippen LogP contribution in [-0.2, 0) is 15.1 Å². The van der Waals surface area contributed by atoms with Crippen LogP contribution in [0, 0.1) is 5.82 Å². The highest BCUT2D eigenvalue weighted by molar-refractivity contribution is 5.93. The van der Waals surface area contributed by atoms with E-state index in [0.29, 0.717) is 31.6 Å². The third-order valence-electron chi connectivity index (χ3n) is 3.94. The quantitative estimate of drug-likeness (QED) is 0.864. The minimum atomic E-state index is -0.541. The molecule has 0 radical (unpaired) electrons. The van der Waals surface area contributed by atoms with Gasteiger partial charge in [0.2, 0.25) is 5.91 Å². The summed E-state index contributed by atoms with van der Waals surface area (Å²) in [7, 11) is 0. The monoisotopic (exact) mass is 291 g/mol. The normalized spacial score (nSPS) is 18.3. The number of halogens is 1. The lowest BCUT2D eigenvalue weighted by atomic mass is 9.82. The van der Waals surface area contributed by atoms with Gasteiger partial charge in [0.05, 0.1) is 5.54 Å². The average Bonchev–Trinajstić information content (AvgIpc) is 2.48. The molecule has 1 aromatic carbocycles. The maximum absolute atomic E-state index is 13.6. The van der Waals surface area contributed by atoms with Crippen molar-refractivity contribution >= 4 is 5.91 Å². The Kier molecular flexibility index (Phi) is 5.12. The summed E-state index contributed by atoms with van der Waals surface area (Å²) < 4.78 is 19.0. The molecule has 0 spiro atoms. The van der Waals surface area contributed by atoms with Crippen LogP contribution in [0.1, 0.15) is 38.7 Å². The van der Waals surface area contributed by atoms with E-state index in [-0.39, 0.29) is 11.7 Å². The number of hydrogen-bond acceptors (Lipinski definition) is 2. The lowest BCUT2D eigenvalue weighted by molar-refractivity contribution is -0.120. The molecule has 1 N–H and O–H groups in total. The minimum absolute atomic E-state index is 0.0944. The summed E-state index contributed by atoms with van der Waals surface area (Å²) >= 11 is 0. The van der Waals surface area contributed by atoms with Gasteiger partial charge in [-0.05, 0) is 43.9 Å². The number of hydrogen-bond donors (Lipinski definition) is 1. The van der Waals surface area contributed by atoms with Gasteiger partial charge >= 0.3 is 0 Å². The van der Waals surface area contributed by atoms with Crippen molar-refractivity contribution in [3.8, 4) is 0 Å². The third kappa shape index (κ3) is 3.70. The molecular weight excluding hydrogens is 269 g/mol. The fourth-order valence-corrected chi connectivity index (χ4v) is 2.71. The van der Waals surface area contributed by atoms with E-state index < -0.39 is 5.54 Å². The summed E-state index contributed by atoms with van der Waals surface area (Å²) in [5, 5.41) is 3.11. The summed E-state index contributed by atoms with van der Waals surface area (Å²) in [6, 6.07) is 6.47. The third-order valence-corrected chi connectivity index (χ3v) is 3.94. The number of allylic oxidation sites excluding steroid dienone is 1. The van der Waals surface area contributed by atoms with Crippen molar-refractivity contribution in [1.29, 1.82) is 0 Å². The van der Waals surface area contributed by atoms with Crippen LogP contribution in [0.2, 0.25) is 0 Å². The number of ether oxygens (including phenoxy) is 1. The van der Waals surface area contributed by atoms with E-state index in [4.69, 9.17) is 4.74 Å². The van der Waals surface area contributed by atoms with Crippen molar-refractivity contribution < 1.29 is 13.9 Å². The lowest BCUT2D eigenvalue weighted by Crippen LogP contribution is -2.49. The van der Waals surface area contributed by atoms with Gasteiger partial charge < -0.3 is 10.1 Å². The first-order chi connectivity index (χ1) is 10.1. The van der Waals surface area contributed by atoms with E-state index in [1.165, 1.54) is 12.1 Å². The number of benzene rings is 1. The molecular formula is C17H22FNO2. The summed E-state index contributed by atoms with van der Waals surface area (Å²) in [4.78, 5) is 12.4. The first-order valence-electron chi connectivity index (χ1n) is 7.40. The van der Waals surface area contributed by atoms with E-state index in [2.05, 4.69) is 5.32 Å². The standard InChI is InChI=1S/C17H22FNO2/c1-3-5-13(2)16(20)19-17(8-10-21-11-9-17)14-6-4-7-15(18)12-14/h4-7,12H,3,8-11H2,1-2H3,(H,19,20). The molecule has 0 aliphatic carbocycles. The minimum Gasteiger partial charge on any atom is -0.381 e. The largest absolute Gasteiger partial charge is 0.381 e. The molecule has 0 atom stereocenters. The number of carbonyl (C=O) groups excluding carboxylic acids is 1. The maximum atomic E-state index is 13.6. The van der Waals surface area contributed by atoms with Crippen LogP contribution >= 0.6 is 0 Å². The Labute approximate surface area is 125 Å². The molecule has 2 rings (SSSR count). The predicted octanol–water partition coefficient (Wildman–Crippen LogP) is 3.30. The highest BCUT2D eigenvalue weighted by atomic mass is 19.1. The van der Waals surface area contributed by atoms with Gasteiger partial charge in [0.25, 0.3) is 0 Å². The van der Waals surface area contributed by atoms with E-state index >= 15 is 0 Å². The van der Waals surface area contributed by atoms with Crippen LogP contribution in [0.15, 0.2) is 35.9 Å². The molecule has 3 nitrogen and oxygen atoms in total. The topological polar surface area (TPSA) is 38.3 Å². The number of amides is 1. The van der Waals surface area contributed by atoms with E-state index in [1.54, 1.807) is 13.0 Å². The van der Waals surface area contributed by atoms with Crippen LogP contribution in [0.25, 0.3) is 0 Å². The molecule has 1 saturated heterocycles. The number of nitrogens with one attached hydrogen (secondary N) is 1. The van der Waals surface area contributed by atoms with Crippen LogP contribution in [0.4, 0.5) is 4.39 Å². The van der Waals surface area contributed by atoms with Gasteiger partial charge in [-0.1, -0.05) is 25.1 Å². The smallest absolute Gasteiger partial charge is 0.247 e. The molecule has 0 unspecified atom stereocenters. The van der Waals surface area contributed by atoms with Gasteiger partial charge in [-0.25, -0.2) is 4.39 Å². The molecule has 1 aliphatic rings. The Morgan fingerprint density at radius 2 is 2.14 bits per heavy atom. The van der Waals surface area contributed by atoms with Crippen LogP contribution in [-0.4, -0.2) is 19.1 Å². The summed E-state index contributed by atoms with van der Waals surface area (Å²) in [5.74, 6) is -0.378. The molecule has 0 saturated carbocycles. The highest BCUT2D eigenvalue weighted by Gasteiger charge is 2.36. The van der Waals surface area contributed by atoms with Gasteiger partial charge in [-0.15, -0.1) is 0 Å². The van der Waals surface area contributed by atoms with Crippen molar-refractivity contribution in [2.75, 3.05) is 13.2 Å². The fourth-order valence-electron chi connectivity index (χ4n) is 2.71. The molecule has 4 heteroatoms. The zero-order chi connectivity index (χ0) is 15.3. The Hall–Kier alpha value is -1.68. The van der Waals surface area contributed by atoms with Gasteiger partial charge in [-0.2, -0.15) is 0 Å². The SMILES string of the molecule is CCC=C(C)C(=O)NC1(c2cccc(F)c2)CCOCC1. The molecule has 0 aromatic heterocycles. The van der Waals surface area contributed by atoms with E-state index in [9.17, 15) is 9.18 Å². The lowest BCUT2D eigenvalue weighted by Gasteiger charge is -2.38. The first-order valence-corrected chi connectivity index (χ1v) is 7.40. The summed E-state index contributed by atoms with van der Waals surface area (Å²) in [6.07, 6.45) is 4.02. The predicted molar refractivity (Wildman–Crippen MR) is 80.3 cm³/mol. The molecule has 21 heavy (non-hydrogen) atoms. The van der Waals surface area contributed by atoms with E-state index in [1.807, 2.05) is 19.1 Å². The maximum Gasteiger partial charge on any atom is 0.247 e. The average molecular weight is 291 g/mol. The number of rotatable bonds is 4. The molecule has 114 valence electrons. The Balaban J connectivity index is 2.30. The highest BCUT2D eigenvalue weighted by Crippen LogP contribution is 2.32. The number of carbonyl (C=O) groups is 1. The molecule has 1 aliphatic heterocycles. The van der Waals surface area contributed by atoms with Gasteiger partial charge in [0.15, 0.2) is 0 Å². The van der Waals surface area contributed by atoms with Gasteiger partial charge in [-0.3, -0.25) is 4.79 Å². The van der Waals surface area contributed by atoms with Crippen molar-refractivity contribution in [2.24, 2.45) is 0 Å². The fraction of sp³-hybridized carbons (Fsp3) is 0.471. The Morgan fingerprint density at radius 3 is 2.76 bits per heavy atom. The van der Waals surface area contributed by atoms with Crippen LogP contribution in [0.3, 0.4) is 0 Å². The van der Waals surface area contributed by atoms with Crippen LogP contribution < -0.4 is 5.32 Å². The van der Waals surface area contributed by atoms with Crippen molar-refractivity contribution in [1.82, 2.24) is 5.32 Å². The molecule has 1 amide bonds. The second-order valence-corrected chi connectivity index (χ2v) is 5.45. The molecule has 0 bridgehead atoms.